The molecule has 0 spiro atoms. The van der Waals surface area contributed by atoms with E-state index in [0.29, 0.717) is 0 Å². The quantitative estimate of drug-likeness (QED) is 0.908. The number of aromatic nitrogens is 1. The Morgan fingerprint density at radius 1 is 1.05 bits per heavy atom. The number of nitrogens with zero attached hydrogens (tertiary/aromatic N) is 1. The summed E-state index contributed by atoms with van der Waals surface area (Å²) in [6, 6.07) is 12.6. The van der Waals surface area contributed by atoms with E-state index in [-0.39, 0.29) is 11.5 Å². The first-order chi connectivity index (χ1) is 8.98. The maximum atomic E-state index is 6.40. The number of rotatable bonds is 3. The fraction of sp³-hybridized carbons (Fsp3) is 0.353. The Bertz CT molecular complexity index is 526. The molecule has 0 bridgehead atoms. The second-order valence-electron chi connectivity index (χ2n) is 6.00. The lowest BCUT2D eigenvalue weighted by atomic mass is 9.81. The molecule has 0 amide bonds. The van der Waals surface area contributed by atoms with Crippen LogP contribution in [0.15, 0.2) is 48.8 Å². The topological polar surface area (TPSA) is 38.9 Å². The summed E-state index contributed by atoms with van der Waals surface area (Å²) >= 11 is 0. The van der Waals surface area contributed by atoms with Gasteiger partial charge in [-0.05, 0) is 40.7 Å². The lowest BCUT2D eigenvalue weighted by Crippen LogP contribution is -2.21. The van der Waals surface area contributed by atoms with Crippen molar-refractivity contribution >= 4 is 0 Å². The highest BCUT2D eigenvalue weighted by Gasteiger charge is 2.20. The fourth-order valence-electron chi connectivity index (χ4n) is 2.39. The minimum atomic E-state index is 0.0258. The second kappa shape index (κ2) is 5.54. The molecule has 0 saturated carbocycles. The molecule has 0 radical (unpaired) electrons. The number of pyridine rings is 1. The van der Waals surface area contributed by atoms with Crippen molar-refractivity contribution < 1.29 is 0 Å². The minimum Gasteiger partial charge on any atom is -0.324 e. The van der Waals surface area contributed by atoms with Gasteiger partial charge in [-0.3, -0.25) is 4.98 Å². The minimum absolute atomic E-state index is 0.0258. The van der Waals surface area contributed by atoms with Crippen molar-refractivity contribution in [2.45, 2.75) is 38.6 Å². The van der Waals surface area contributed by atoms with Gasteiger partial charge in [0.2, 0.25) is 0 Å². The third-order valence-corrected chi connectivity index (χ3v) is 3.37. The molecule has 2 nitrogen and oxygen atoms in total. The van der Waals surface area contributed by atoms with Crippen LogP contribution in [0.5, 0.6) is 0 Å². The van der Waals surface area contributed by atoms with Crippen LogP contribution in [0.1, 0.15) is 43.5 Å². The van der Waals surface area contributed by atoms with Crippen LogP contribution in [0.25, 0.3) is 0 Å². The SMILES string of the molecule is CC(C)(C)c1ccccc1C(N)Cc1ccncc1. The van der Waals surface area contributed by atoms with Crippen molar-refractivity contribution in [3.8, 4) is 0 Å². The summed E-state index contributed by atoms with van der Waals surface area (Å²) in [6.45, 7) is 6.68. The Labute approximate surface area is 115 Å². The smallest absolute Gasteiger partial charge is 0.0338 e. The van der Waals surface area contributed by atoms with Gasteiger partial charge < -0.3 is 5.73 Å². The molecule has 2 heteroatoms. The molecule has 1 unspecified atom stereocenters. The van der Waals surface area contributed by atoms with Crippen molar-refractivity contribution in [2.24, 2.45) is 5.73 Å². The number of nitrogens with two attached hydrogens (primary N) is 1. The molecule has 0 aliphatic heterocycles. The summed E-state index contributed by atoms with van der Waals surface area (Å²) in [7, 11) is 0. The molecule has 1 aromatic heterocycles. The van der Waals surface area contributed by atoms with Gasteiger partial charge in [0.05, 0.1) is 0 Å². The largest absolute Gasteiger partial charge is 0.324 e. The molecule has 0 saturated heterocycles. The van der Waals surface area contributed by atoms with Gasteiger partial charge in [-0.1, -0.05) is 45.0 Å². The fourth-order valence-corrected chi connectivity index (χ4v) is 2.39. The first-order valence-electron chi connectivity index (χ1n) is 6.72. The Hall–Kier alpha value is -1.67. The third-order valence-electron chi connectivity index (χ3n) is 3.37. The molecule has 100 valence electrons. The van der Waals surface area contributed by atoms with Crippen LogP contribution >= 0.6 is 0 Å². The molecule has 1 heterocycles. The summed E-state index contributed by atoms with van der Waals surface area (Å²) in [6.07, 6.45) is 4.48. The number of hydrogen-bond donors (Lipinski definition) is 1. The maximum Gasteiger partial charge on any atom is 0.0338 e. The summed E-state index contributed by atoms with van der Waals surface area (Å²) in [4.78, 5) is 4.04. The Morgan fingerprint density at radius 2 is 1.68 bits per heavy atom. The van der Waals surface area contributed by atoms with E-state index in [4.69, 9.17) is 5.73 Å². The van der Waals surface area contributed by atoms with Gasteiger partial charge in [0.1, 0.15) is 0 Å². The molecule has 2 N–H and O–H groups in total. The zero-order valence-corrected chi connectivity index (χ0v) is 11.9. The van der Waals surface area contributed by atoms with E-state index >= 15 is 0 Å². The Balaban J connectivity index is 2.27. The zero-order valence-electron chi connectivity index (χ0n) is 11.9. The molecule has 0 aliphatic carbocycles. The third kappa shape index (κ3) is 3.42. The maximum absolute atomic E-state index is 6.40. The van der Waals surface area contributed by atoms with Gasteiger partial charge >= 0.3 is 0 Å². The highest BCUT2D eigenvalue weighted by molar-refractivity contribution is 5.36. The standard InChI is InChI=1S/C17H22N2/c1-17(2,3)15-7-5-4-6-14(15)16(18)12-13-8-10-19-11-9-13/h4-11,16H,12,18H2,1-3H3. The van der Waals surface area contributed by atoms with Crippen molar-refractivity contribution in [3.05, 3.63) is 65.5 Å². The summed E-state index contributed by atoms with van der Waals surface area (Å²) < 4.78 is 0. The van der Waals surface area contributed by atoms with Crippen LogP contribution in [0.4, 0.5) is 0 Å². The molecule has 19 heavy (non-hydrogen) atoms. The van der Waals surface area contributed by atoms with E-state index in [0.717, 1.165) is 6.42 Å². The van der Waals surface area contributed by atoms with Crippen LogP contribution in [0.2, 0.25) is 0 Å². The van der Waals surface area contributed by atoms with Crippen molar-refractivity contribution in [1.29, 1.82) is 0 Å². The van der Waals surface area contributed by atoms with E-state index < -0.39 is 0 Å². The summed E-state index contributed by atoms with van der Waals surface area (Å²) in [5, 5.41) is 0. The van der Waals surface area contributed by atoms with Gasteiger partial charge in [0.15, 0.2) is 0 Å². The van der Waals surface area contributed by atoms with E-state index in [2.05, 4.69) is 50.0 Å². The van der Waals surface area contributed by atoms with Gasteiger partial charge in [0, 0.05) is 18.4 Å². The van der Waals surface area contributed by atoms with Crippen LogP contribution in [0.3, 0.4) is 0 Å². The molecular formula is C17H22N2. The van der Waals surface area contributed by atoms with Crippen molar-refractivity contribution in [1.82, 2.24) is 4.98 Å². The lowest BCUT2D eigenvalue weighted by molar-refractivity contribution is 0.568. The van der Waals surface area contributed by atoms with Crippen LogP contribution in [-0.4, -0.2) is 4.98 Å². The molecule has 1 aromatic carbocycles. The number of hydrogen-bond acceptors (Lipinski definition) is 2. The summed E-state index contributed by atoms with van der Waals surface area (Å²) in [5.74, 6) is 0. The first kappa shape index (κ1) is 13.8. The van der Waals surface area contributed by atoms with E-state index in [1.54, 1.807) is 0 Å². The van der Waals surface area contributed by atoms with E-state index in [1.165, 1.54) is 16.7 Å². The van der Waals surface area contributed by atoms with Crippen LogP contribution in [-0.2, 0) is 11.8 Å². The van der Waals surface area contributed by atoms with E-state index in [1.807, 2.05) is 24.5 Å². The Kier molecular flexibility index (Phi) is 4.01. The molecule has 0 aliphatic rings. The average molecular weight is 254 g/mol. The molecular weight excluding hydrogens is 232 g/mol. The van der Waals surface area contributed by atoms with Gasteiger partial charge in [-0.25, -0.2) is 0 Å². The first-order valence-corrected chi connectivity index (χ1v) is 6.72. The normalized spacial score (nSPS) is 13.3. The van der Waals surface area contributed by atoms with Crippen molar-refractivity contribution in [2.75, 3.05) is 0 Å². The molecule has 0 fully saturated rings. The van der Waals surface area contributed by atoms with Gasteiger partial charge in [-0.15, -0.1) is 0 Å². The second-order valence-corrected chi connectivity index (χ2v) is 6.00. The number of benzene rings is 1. The van der Waals surface area contributed by atoms with Crippen LogP contribution < -0.4 is 5.73 Å². The van der Waals surface area contributed by atoms with Crippen molar-refractivity contribution in [3.63, 3.8) is 0 Å². The van der Waals surface area contributed by atoms with E-state index in [9.17, 15) is 0 Å². The summed E-state index contributed by atoms with van der Waals surface area (Å²) in [5.41, 5.74) is 10.3. The highest BCUT2D eigenvalue weighted by Crippen LogP contribution is 2.29. The predicted octanol–water partition coefficient (Wildman–Crippen LogP) is 3.62. The Morgan fingerprint density at radius 3 is 2.32 bits per heavy atom. The average Bonchev–Trinajstić information content (AvgIpc) is 2.39. The highest BCUT2D eigenvalue weighted by atomic mass is 14.6. The zero-order chi connectivity index (χ0) is 13.9. The predicted molar refractivity (Wildman–Crippen MR) is 80.0 cm³/mol. The van der Waals surface area contributed by atoms with Crippen LogP contribution in [0, 0.1) is 0 Å². The van der Waals surface area contributed by atoms with Gasteiger partial charge in [-0.2, -0.15) is 0 Å². The molecule has 2 rings (SSSR count). The monoisotopic (exact) mass is 254 g/mol. The molecule has 1 atom stereocenters. The lowest BCUT2D eigenvalue weighted by Gasteiger charge is -2.26. The van der Waals surface area contributed by atoms with Gasteiger partial charge in [0.25, 0.3) is 0 Å². The molecule has 2 aromatic rings.